The Morgan fingerprint density at radius 1 is 1.58 bits per heavy atom. The highest BCUT2D eigenvalue weighted by molar-refractivity contribution is 14.1. The Bertz CT molecular complexity index is 694. The number of carbonyl (C=O) groups is 1. The molecule has 0 atom stereocenters. The lowest BCUT2D eigenvalue weighted by Gasteiger charge is -2.15. The summed E-state index contributed by atoms with van der Waals surface area (Å²) in [5, 5.41) is 0. The summed E-state index contributed by atoms with van der Waals surface area (Å²) in [6.07, 6.45) is 0. The van der Waals surface area contributed by atoms with Crippen LogP contribution in [0.5, 0.6) is 0 Å². The number of carbonyl (C=O) groups excluding carboxylic acids is 1. The summed E-state index contributed by atoms with van der Waals surface area (Å²) in [6.45, 7) is 2.64. The van der Waals surface area contributed by atoms with E-state index in [1.165, 1.54) is 6.07 Å². The van der Waals surface area contributed by atoms with E-state index in [-0.39, 0.29) is 18.3 Å². The van der Waals surface area contributed by atoms with Crippen molar-refractivity contribution < 1.29 is 9.18 Å². The van der Waals surface area contributed by atoms with Gasteiger partial charge in [-0.15, -0.1) is 0 Å². The maximum Gasteiger partial charge on any atom is 0.242 e. The van der Waals surface area contributed by atoms with E-state index in [0.717, 1.165) is 5.52 Å². The van der Waals surface area contributed by atoms with Gasteiger partial charge in [-0.25, -0.2) is 4.39 Å². The van der Waals surface area contributed by atoms with Crippen molar-refractivity contribution in [2.45, 2.75) is 13.5 Å². The number of imidazole rings is 1. The third kappa shape index (κ3) is 2.81. The lowest BCUT2D eigenvalue weighted by Crippen LogP contribution is -2.29. The second kappa shape index (κ2) is 5.58. The van der Waals surface area contributed by atoms with Crippen molar-refractivity contribution in [1.82, 2.24) is 14.5 Å². The van der Waals surface area contributed by atoms with Gasteiger partial charge < -0.3 is 14.5 Å². The largest absolute Gasteiger partial charge is 0.344 e. The predicted molar refractivity (Wildman–Crippen MR) is 83.1 cm³/mol. The lowest BCUT2D eigenvalue weighted by molar-refractivity contribution is -0.130. The van der Waals surface area contributed by atoms with Crippen molar-refractivity contribution in [1.29, 1.82) is 0 Å². The minimum absolute atomic E-state index is 0.0570. The highest BCUT2D eigenvalue weighted by atomic mass is 127. The van der Waals surface area contributed by atoms with Gasteiger partial charge in [0.2, 0.25) is 5.91 Å². The number of rotatable bonds is 3. The lowest BCUT2D eigenvalue weighted by atomic mass is 10.3. The number of hydrogen-bond acceptors (Lipinski definition) is 2. The molecule has 1 heterocycles. The van der Waals surface area contributed by atoms with Crippen molar-refractivity contribution in [3.05, 3.63) is 26.3 Å². The van der Waals surface area contributed by atoms with Gasteiger partial charge in [0.15, 0.2) is 4.77 Å². The fourth-order valence-electron chi connectivity index (χ4n) is 1.74. The zero-order valence-electron chi connectivity index (χ0n) is 10.5. The van der Waals surface area contributed by atoms with Gasteiger partial charge in [-0.05, 0) is 47.8 Å². The second-order valence-corrected chi connectivity index (χ2v) is 5.76. The molecular formula is C12H13FIN3OS. The Hall–Kier alpha value is -0.960. The first kappa shape index (κ1) is 14.4. The number of benzene rings is 1. The Morgan fingerprint density at radius 2 is 2.26 bits per heavy atom. The molecule has 2 rings (SSSR count). The smallest absolute Gasteiger partial charge is 0.242 e. The normalized spacial score (nSPS) is 10.9. The fourth-order valence-corrected chi connectivity index (χ4v) is 2.48. The summed E-state index contributed by atoms with van der Waals surface area (Å²) in [4.78, 5) is 16.5. The molecule has 0 radical (unpaired) electrons. The van der Waals surface area contributed by atoms with Gasteiger partial charge in [0, 0.05) is 19.7 Å². The number of hydrogen-bond donors (Lipinski definition) is 1. The van der Waals surface area contributed by atoms with Gasteiger partial charge in [0.05, 0.1) is 14.6 Å². The summed E-state index contributed by atoms with van der Waals surface area (Å²) >= 11 is 7.11. The number of aromatic amines is 1. The molecular weight excluding hydrogens is 380 g/mol. The number of halogens is 2. The molecule has 0 spiro atoms. The van der Waals surface area contributed by atoms with Crippen molar-refractivity contribution in [2.75, 3.05) is 13.6 Å². The van der Waals surface area contributed by atoms with Crippen molar-refractivity contribution in [2.24, 2.45) is 0 Å². The Morgan fingerprint density at radius 3 is 2.89 bits per heavy atom. The summed E-state index contributed by atoms with van der Waals surface area (Å²) in [5.74, 6) is -0.370. The van der Waals surface area contributed by atoms with Crippen molar-refractivity contribution in [3.63, 3.8) is 0 Å². The summed E-state index contributed by atoms with van der Waals surface area (Å²) in [5.41, 5.74) is 1.35. The molecule has 0 saturated carbocycles. The standard InChI is InChI=1S/C12H13FIN3OS/c1-3-16(2)11(18)6-17-10-4-7(13)8(14)5-9(10)15-12(17)19/h4-5H,3,6H2,1-2H3,(H,15,19). The van der Waals surface area contributed by atoms with Crippen LogP contribution >= 0.6 is 34.8 Å². The van der Waals surface area contributed by atoms with Gasteiger partial charge in [-0.3, -0.25) is 4.79 Å². The van der Waals surface area contributed by atoms with Gasteiger partial charge in [0.1, 0.15) is 12.4 Å². The predicted octanol–water partition coefficient (Wildman–Crippen LogP) is 2.92. The molecule has 7 heteroatoms. The van der Waals surface area contributed by atoms with Gasteiger partial charge >= 0.3 is 0 Å². The van der Waals surface area contributed by atoms with Crippen LogP contribution in [0.3, 0.4) is 0 Å². The zero-order valence-corrected chi connectivity index (χ0v) is 13.5. The monoisotopic (exact) mass is 393 g/mol. The number of fused-ring (bicyclic) bond motifs is 1. The third-order valence-corrected chi connectivity index (χ3v) is 4.16. The van der Waals surface area contributed by atoms with E-state index in [4.69, 9.17) is 12.2 Å². The Balaban J connectivity index is 2.49. The fraction of sp³-hybridized carbons (Fsp3) is 0.333. The maximum atomic E-state index is 13.6. The van der Waals surface area contributed by atoms with E-state index in [1.807, 2.05) is 29.5 Å². The SMILES string of the molecule is CCN(C)C(=O)Cn1c(=S)[nH]c2cc(I)c(F)cc21. The highest BCUT2D eigenvalue weighted by Gasteiger charge is 2.13. The first-order valence-corrected chi connectivity index (χ1v) is 7.24. The quantitative estimate of drug-likeness (QED) is 0.644. The molecule has 0 saturated heterocycles. The molecule has 0 unspecified atom stereocenters. The van der Waals surface area contributed by atoms with Gasteiger partial charge in [-0.2, -0.15) is 0 Å². The molecule has 19 heavy (non-hydrogen) atoms. The van der Waals surface area contributed by atoms with Crippen LogP contribution in [0, 0.1) is 14.2 Å². The first-order valence-electron chi connectivity index (χ1n) is 5.75. The molecule has 1 aromatic carbocycles. The zero-order chi connectivity index (χ0) is 14.2. The van der Waals surface area contributed by atoms with Crippen LogP contribution in [0.25, 0.3) is 11.0 Å². The number of likely N-dealkylation sites (N-methyl/N-ethyl adjacent to an activating group) is 1. The number of amides is 1. The highest BCUT2D eigenvalue weighted by Crippen LogP contribution is 2.20. The van der Waals surface area contributed by atoms with Gasteiger partial charge in [-0.1, -0.05) is 0 Å². The number of H-pyrrole nitrogens is 1. The van der Waals surface area contributed by atoms with Crippen LogP contribution in [0.2, 0.25) is 0 Å². The van der Waals surface area contributed by atoms with Crippen LogP contribution in [-0.2, 0) is 11.3 Å². The van der Waals surface area contributed by atoms with E-state index in [2.05, 4.69) is 4.98 Å². The molecule has 0 fully saturated rings. The molecule has 2 aromatic rings. The van der Waals surface area contributed by atoms with E-state index in [9.17, 15) is 9.18 Å². The molecule has 0 aliphatic carbocycles. The average molecular weight is 393 g/mol. The first-order chi connectivity index (χ1) is 8.93. The molecule has 0 aliphatic rings. The third-order valence-electron chi connectivity index (χ3n) is 3.01. The maximum absolute atomic E-state index is 13.6. The topological polar surface area (TPSA) is 41.0 Å². The number of nitrogens with zero attached hydrogens (tertiary/aromatic N) is 2. The van der Waals surface area contributed by atoms with Crippen molar-refractivity contribution >= 4 is 51.7 Å². The summed E-state index contributed by atoms with van der Waals surface area (Å²) < 4.78 is 16.2. The molecule has 4 nitrogen and oxygen atoms in total. The van der Waals surface area contributed by atoms with E-state index in [1.54, 1.807) is 22.6 Å². The van der Waals surface area contributed by atoms with E-state index in [0.29, 0.717) is 20.4 Å². The molecule has 102 valence electrons. The van der Waals surface area contributed by atoms with Gasteiger partial charge in [0.25, 0.3) is 0 Å². The molecule has 0 aliphatic heterocycles. The minimum Gasteiger partial charge on any atom is -0.344 e. The van der Waals surface area contributed by atoms with E-state index < -0.39 is 0 Å². The Kier molecular flexibility index (Phi) is 4.24. The average Bonchev–Trinajstić information content (AvgIpc) is 2.65. The number of nitrogens with one attached hydrogen (secondary N) is 1. The van der Waals surface area contributed by atoms with Crippen LogP contribution < -0.4 is 0 Å². The summed E-state index contributed by atoms with van der Waals surface area (Å²) in [6, 6.07) is 3.09. The van der Waals surface area contributed by atoms with Crippen LogP contribution in [0.1, 0.15) is 6.92 Å². The van der Waals surface area contributed by atoms with Crippen LogP contribution in [-0.4, -0.2) is 34.0 Å². The van der Waals surface area contributed by atoms with Crippen LogP contribution in [0.4, 0.5) is 4.39 Å². The van der Waals surface area contributed by atoms with E-state index >= 15 is 0 Å². The molecule has 1 N–H and O–H groups in total. The van der Waals surface area contributed by atoms with Crippen LogP contribution in [0.15, 0.2) is 12.1 Å². The summed E-state index contributed by atoms with van der Waals surface area (Å²) in [7, 11) is 1.73. The minimum atomic E-state index is -0.313. The molecule has 1 amide bonds. The van der Waals surface area contributed by atoms with Crippen molar-refractivity contribution in [3.8, 4) is 0 Å². The molecule has 1 aromatic heterocycles. The Labute approximate surface area is 128 Å². The number of aromatic nitrogens is 2. The second-order valence-electron chi connectivity index (χ2n) is 4.21. The molecule has 0 bridgehead atoms.